The minimum absolute atomic E-state index is 0.0783. The van der Waals surface area contributed by atoms with E-state index in [2.05, 4.69) is 10.4 Å². The Hall–Kier alpha value is -3.48. The first-order valence-corrected chi connectivity index (χ1v) is 10.0. The molecule has 0 saturated heterocycles. The fourth-order valence-electron chi connectivity index (χ4n) is 3.21. The highest BCUT2D eigenvalue weighted by Crippen LogP contribution is 2.25. The Bertz CT molecular complexity index is 1100. The van der Waals surface area contributed by atoms with Gasteiger partial charge in [-0.1, -0.05) is 23.8 Å². The van der Waals surface area contributed by atoms with Gasteiger partial charge < -0.3 is 10.2 Å². The van der Waals surface area contributed by atoms with Gasteiger partial charge in [0.05, 0.1) is 17.8 Å². The predicted octanol–water partition coefficient (Wildman–Crippen LogP) is 3.97. The Morgan fingerprint density at radius 1 is 1.13 bits per heavy atom. The lowest BCUT2D eigenvalue weighted by atomic mass is 10.1. The van der Waals surface area contributed by atoms with E-state index in [1.807, 2.05) is 52.0 Å². The molecule has 1 aromatic heterocycles. The summed E-state index contributed by atoms with van der Waals surface area (Å²) in [5.41, 5.74) is 2.92. The van der Waals surface area contributed by atoms with Crippen LogP contribution in [0.1, 0.15) is 36.7 Å². The number of likely N-dealkylation sites (N-methyl/N-ethyl adjacent to an activating group) is 1. The number of amides is 2. The first-order chi connectivity index (χ1) is 14.5. The number of benzene rings is 2. The van der Waals surface area contributed by atoms with Crippen molar-refractivity contribution < 1.29 is 14.0 Å². The van der Waals surface area contributed by atoms with Crippen LogP contribution in [0.25, 0.3) is 16.9 Å². The van der Waals surface area contributed by atoms with Crippen molar-refractivity contribution in [2.45, 2.75) is 33.2 Å². The van der Waals surface area contributed by atoms with Gasteiger partial charge in [0.25, 0.3) is 5.91 Å². The molecule has 2 amide bonds. The first-order valence-electron chi connectivity index (χ1n) is 10.0. The predicted molar refractivity (Wildman–Crippen MR) is 119 cm³/mol. The normalized spacial score (nSPS) is 11.3. The van der Waals surface area contributed by atoms with Crippen molar-refractivity contribution in [3.63, 3.8) is 0 Å². The van der Waals surface area contributed by atoms with Gasteiger partial charge >= 0.3 is 0 Å². The number of hydrogen-bond acceptors (Lipinski definition) is 3. The van der Waals surface area contributed by atoms with E-state index in [0.717, 1.165) is 11.1 Å². The van der Waals surface area contributed by atoms with E-state index < -0.39 is 0 Å². The van der Waals surface area contributed by atoms with Crippen LogP contribution in [-0.2, 0) is 4.79 Å². The first kappa shape index (κ1) is 22.2. The summed E-state index contributed by atoms with van der Waals surface area (Å²) < 4.78 is 14.9. The van der Waals surface area contributed by atoms with Crippen LogP contribution in [0.4, 0.5) is 4.39 Å². The smallest absolute Gasteiger partial charge is 0.257 e. The summed E-state index contributed by atoms with van der Waals surface area (Å²) in [5.74, 6) is -0.920. The Balaban J connectivity index is 1.98. The minimum Gasteiger partial charge on any atom is -0.350 e. The van der Waals surface area contributed by atoms with E-state index >= 15 is 0 Å². The van der Waals surface area contributed by atoms with Crippen LogP contribution in [0.15, 0.2) is 54.7 Å². The molecule has 0 bridgehead atoms. The molecule has 0 aliphatic carbocycles. The van der Waals surface area contributed by atoms with E-state index in [1.165, 1.54) is 17.0 Å². The number of aryl methyl sites for hydroxylation is 1. The Morgan fingerprint density at radius 2 is 1.81 bits per heavy atom. The Morgan fingerprint density at radius 3 is 2.42 bits per heavy atom. The summed E-state index contributed by atoms with van der Waals surface area (Å²) in [5, 5.41) is 7.47. The third-order valence-electron chi connectivity index (χ3n) is 4.57. The summed E-state index contributed by atoms with van der Waals surface area (Å²) in [6.45, 7) is 7.54. The Kier molecular flexibility index (Phi) is 6.24. The monoisotopic (exact) mass is 422 g/mol. The molecular formula is C24H27FN4O2. The van der Waals surface area contributed by atoms with Crippen molar-refractivity contribution >= 4 is 11.8 Å². The molecule has 0 unspecified atom stereocenters. The maximum absolute atomic E-state index is 13.3. The van der Waals surface area contributed by atoms with Gasteiger partial charge in [-0.3, -0.25) is 9.59 Å². The molecule has 1 N–H and O–H groups in total. The second kappa shape index (κ2) is 8.71. The molecule has 1 heterocycles. The molecule has 0 fully saturated rings. The third kappa shape index (κ3) is 5.57. The molecule has 0 radical (unpaired) electrons. The minimum atomic E-state index is -0.388. The number of aromatic nitrogens is 2. The van der Waals surface area contributed by atoms with Crippen LogP contribution in [0.5, 0.6) is 0 Å². The maximum atomic E-state index is 13.3. The van der Waals surface area contributed by atoms with Crippen molar-refractivity contribution in [3.05, 3.63) is 71.7 Å². The molecule has 162 valence electrons. The summed E-state index contributed by atoms with van der Waals surface area (Å²) in [6, 6.07) is 13.6. The van der Waals surface area contributed by atoms with E-state index in [1.54, 1.807) is 30.1 Å². The number of carbonyl (C=O) groups is 2. The van der Waals surface area contributed by atoms with E-state index in [-0.39, 0.29) is 29.7 Å². The van der Waals surface area contributed by atoms with E-state index in [4.69, 9.17) is 0 Å². The third-order valence-corrected chi connectivity index (χ3v) is 4.57. The van der Waals surface area contributed by atoms with E-state index in [9.17, 15) is 14.0 Å². The zero-order valence-electron chi connectivity index (χ0n) is 18.4. The Labute approximate surface area is 181 Å². The maximum Gasteiger partial charge on any atom is 0.257 e. The summed E-state index contributed by atoms with van der Waals surface area (Å²) in [4.78, 5) is 26.9. The largest absolute Gasteiger partial charge is 0.350 e. The number of carbonyl (C=O) groups excluding carboxylic acids is 2. The number of nitrogens with zero attached hydrogens (tertiary/aromatic N) is 3. The van der Waals surface area contributed by atoms with E-state index in [0.29, 0.717) is 16.9 Å². The lowest BCUT2D eigenvalue weighted by molar-refractivity contribution is -0.122. The van der Waals surface area contributed by atoms with Gasteiger partial charge in [0.1, 0.15) is 11.5 Å². The standard InChI is InChI=1S/C24H27FN4O2/c1-16-7-6-8-17(13-16)22-20(14-29(27-22)19-11-9-18(25)10-12-19)23(31)28(5)15-21(30)26-24(2,3)4/h6-14H,15H2,1-5H3,(H,26,30). The summed E-state index contributed by atoms with van der Waals surface area (Å²) in [7, 11) is 1.58. The molecule has 31 heavy (non-hydrogen) atoms. The van der Waals surface area contributed by atoms with Crippen LogP contribution in [0.3, 0.4) is 0 Å². The van der Waals surface area contributed by atoms with Crippen LogP contribution >= 0.6 is 0 Å². The van der Waals surface area contributed by atoms with Gasteiger partial charge in [-0.05, 0) is 58.0 Å². The zero-order chi connectivity index (χ0) is 22.8. The molecule has 0 spiro atoms. The molecule has 6 nitrogen and oxygen atoms in total. The quantitative estimate of drug-likeness (QED) is 0.677. The van der Waals surface area contributed by atoms with Crippen LogP contribution in [-0.4, -0.2) is 45.6 Å². The molecule has 2 aromatic carbocycles. The number of rotatable bonds is 5. The average Bonchev–Trinajstić information content (AvgIpc) is 3.11. The highest BCUT2D eigenvalue weighted by molar-refractivity contribution is 6.01. The summed E-state index contributed by atoms with van der Waals surface area (Å²) in [6.07, 6.45) is 1.62. The second-order valence-electron chi connectivity index (χ2n) is 8.64. The molecule has 0 atom stereocenters. The lowest BCUT2D eigenvalue weighted by Gasteiger charge is -2.23. The fourth-order valence-corrected chi connectivity index (χ4v) is 3.21. The molecule has 3 rings (SSSR count). The molecular weight excluding hydrogens is 395 g/mol. The van der Waals surface area contributed by atoms with Gasteiger partial charge in [0.2, 0.25) is 5.91 Å². The van der Waals surface area contributed by atoms with Crippen molar-refractivity contribution in [1.82, 2.24) is 20.0 Å². The SMILES string of the molecule is Cc1cccc(-c2nn(-c3ccc(F)cc3)cc2C(=O)N(C)CC(=O)NC(C)(C)C)c1. The van der Waals surface area contributed by atoms with Gasteiger partial charge in [0, 0.05) is 24.3 Å². The van der Waals surface area contributed by atoms with Gasteiger partial charge in [-0.25, -0.2) is 9.07 Å². The van der Waals surface area contributed by atoms with Crippen molar-refractivity contribution in [3.8, 4) is 16.9 Å². The second-order valence-corrected chi connectivity index (χ2v) is 8.64. The fraction of sp³-hybridized carbons (Fsp3) is 0.292. The van der Waals surface area contributed by atoms with Crippen molar-refractivity contribution in [2.75, 3.05) is 13.6 Å². The molecule has 0 saturated carbocycles. The highest BCUT2D eigenvalue weighted by Gasteiger charge is 2.24. The topological polar surface area (TPSA) is 67.2 Å². The molecule has 0 aliphatic rings. The van der Waals surface area contributed by atoms with Gasteiger partial charge in [0.15, 0.2) is 0 Å². The zero-order valence-corrected chi connectivity index (χ0v) is 18.4. The van der Waals surface area contributed by atoms with Gasteiger partial charge in [-0.15, -0.1) is 0 Å². The highest BCUT2D eigenvalue weighted by atomic mass is 19.1. The number of nitrogens with one attached hydrogen (secondary N) is 1. The van der Waals surface area contributed by atoms with Crippen LogP contribution < -0.4 is 5.32 Å². The van der Waals surface area contributed by atoms with Gasteiger partial charge in [-0.2, -0.15) is 5.10 Å². The lowest BCUT2D eigenvalue weighted by Crippen LogP contribution is -2.46. The molecule has 7 heteroatoms. The molecule has 0 aliphatic heterocycles. The van der Waals surface area contributed by atoms with Crippen molar-refractivity contribution in [1.29, 1.82) is 0 Å². The average molecular weight is 423 g/mol. The molecule has 3 aromatic rings. The summed E-state index contributed by atoms with van der Waals surface area (Å²) >= 11 is 0. The number of hydrogen-bond donors (Lipinski definition) is 1. The van der Waals surface area contributed by atoms with Crippen LogP contribution in [0, 0.1) is 12.7 Å². The number of halogens is 1. The van der Waals surface area contributed by atoms with Crippen molar-refractivity contribution in [2.24, 2.45) is 0 Å². The van der Waals surface area contributed by atoms with Crippen LogP contribution in [0.2, 0.25) is 0 Å².